The summed E-state index contributed by atoms with van der Waals surface area (Å²) in [6.45, 7) is 4.84. The van der Waals surface area contributed by atoms with Crippen LogP contribution in [0.25, 0.3) is 0 Å². The third-order valence-electron chi connectivity index (χ3n) is 3.92. The number of aromatic nitrogens is 3. The van der Waals surface area contributed by atoms with Gasteiger partial charge in [0.25, 0.3) is 0 Å². The predicted octanol–water partition coefficient (Wildman–Crippen LogP) is 3.59. The Bertz CT molecular complexity index is 674. The Labute approximate surface area is 148 Å². The molecule has 0 radical (unpaired) electrons. The van der Waals surface area contributed by atoms with E-state index in [0.717, 1.165) is 29.7 Å². The van der Waals surface area contributed by atoms with Gasteiger partial charge in [0.2, 0.25) is 0 Å². The van der Waals surface area contributed by atoms with Crippen LogP contribution >= 0.6 is 11.8 Å². The first-order chi connectivity index (χ1) is 11.6. The first kappa shape index (κ1) is 18.5. The minimum atomic E-state index is -0.00357. The van der Waals surface area contributed by atoms with Crippen LogP contribution in [0.1, 0.15) is 37.7 Å². The van der Waals surface area contributed by atoms with Crippen molar-refractivity contribution in [3.05, 3.63) is 41.7 Å². The quantitative estimate of drug-likeness (QED) is 0.686. The Morgan fingerprint density at radius 1 is 1.25 bits per heavy atom. The largest absolute Gasteiger partial charge is 0.300 e. The second-order valence-electron chi connectivity index (χ2n) is 6.14. The average Bonchev–Trinajstić information content (AvgIpc) is 2.96. The highest BCUT2D eigenvalue weighted by Gasteiger charge is 2.22. The lowest BCUT2D eigenvalue weighted by molar-refractivity contribution is 0.272. The Morgan fingerprint density at radius 2 is 1.96 bits per heavy atom. The highest BCUT2D eigenvalue weighted by Crippen LogP contribution is 2.27. The maximum Gasteiger partial charge on any atom is 0.191 e. The van der Waals surface area contributed by atoms with Crippen molar-refractivity contribution in [2.75, 3.05) is 19.8 Å². The van der Waals surface area contributed by atoms with E-state index in [1.54, 1.807) is 11.8 Å². The summed E-state index contributed by atoms with van der Waals surface area (Å²) in [4.78, 5) is 2.18. The summed E-state index contributed by atoms with van der Waals surface area (Å²) >= 11 is 1.61. The van der Waals surface area contributed by atoms with Gasteiger partial charge in [-0.15, -0.1) is 10.2 Å². The molecule has 0 aliphatic rings. The third-order valence-corrected chi connectivity index (χ3v) is 5.15. The fourth-order valence-corrected chi connectivity index (χ4v) is 3.47. The van der Waals surface area contributed by atoms with Crippen LogP contribution in [-0.2, 0) is 6.54 Å². The summed E-state index contributed by atoms with van der Waals surface area (Å²) in [6.07, 6.45) is 0.971. The first-order valence-electron chi connectivity index (χ1n) is 8.22. The van der Waals surface area contributed by atoms with Gasteiger partial charge in [-0.3, -0.25) is 4.90 Å². The van der Waals surface area contributed by atoms with E-state index in [9.17, 15) is 0 Å². The summed E-state index contributed by atoms with van der Waals surface area (Å²) in [5.74, 6) is 1.71. The van der Waals surface area contributed by atoms with Crippen molar-refractivity contribution in [3.63, 3.8) is 0 Å². The molecule has 0 saturated heterocycles. The van der Waals surface area contributed by atoms with E-state index < -0.39 is 0 Å². The molecule has 0 aliphatic carbocycles. The van der Waals surface area contributed by atoms with Crippen molar-refractivity contribution in [2.45, 2.75) is 38.0 Å². The first-order valence-corrected chi connectivity index (χ1v) is 9.21. The molecule has 1 heterocycles. The summed E-state index contributed by atoms with van der Waals surface area (Å²) in [7, 11) is 4.14. The summed E-state index contributed by atoms with van der Waals surface area (Å²) in [6, 6.07) is 12.9. The topological polar surface area (TPSA) is 57.7 Å². The molecule has 0 N–H and O–H groups in total. The molecule has 2 atom stereocenters. The van der Waals surface area contributed by atoms with E-state index in [2.05, 4.69) is 58.9 Å². The zero-order valence-electron chi connectivity index (χ0n) is 14.8. The molecule has 1 aromatic heterocycles. The molecule has 6 heteroatoms. The molecule has 2 rings (SSSR count). The van der Waals surface area contributed by atoms with E-state index in [4.69, 9.17) is 5.26 Å². The van der Waals surface area contributed by atoms with Crippen LogP contribution in [0.3, 0.4) is 0 Å². The maximum absolute atomic E-state index is 9.01. The molecule has 0 unspecified atom stereocenters. The van der Waals surface area contributed by atoms with Crippen LogP contribution in [0, 0.1) is 17.2 Å². The maximum atomic E-state index is 9.01. The lowest BCUT2D eigenvalue weighted by Crippen LogP contribution is -2.23. The molecule has 24 heavy (non-hydrogen) atoms. The summed E-state index contributed by atoms with van der Waals surface area (Å²) in [5, 5.41) is 18.8. The molecule has 0 fully saturated rings. The summed E-state index contributed by atoms with van der Waals surface area (Å²) in [5.41, 5.74) is 1.22. The molecule has 0 amide bonds. The van der Waals surface area contributed by atoms with Crippen LogP contribution in [0.2, 0.25) is 0 Å². The Balaban J connectivity index is 2.33. The molecule has 2 aromatic rings. The standard InChI is InChI=1S/C18H25N5S/c1-5-16(22(3)4)17-20-21-18(24-13-14(2)11-19)23(17)12-15-9-7-6-8-10-15/h6-10,14,16H,5,12-13H2,1-4H3/t14-,16+/m0/s1. The van der Waals surface area contributed by atoms with Crippen molar-refractivity contribution < 1.29 is 0 Å². The van der Waals surface area contributed by atoms with E-state index in [1.165, 1.54) is 5.56 Å². The van der Waals surface area contributed by atoms with Crippen LogP contribution in [-0.4, -0.2) is 39.5 Å². The van der Waals surface area contributed by atoms with E-state index in [-0.39, 0.29) is 12.0 Å². The number of nitriles is 1. The second-order valence-corrected chi connectivity index (χ2v) is 7.13. The van der Waals surface area contributed by atoms with Gasteiger partial charge in [-0.05, 0) is 33.0 Å². The van der Waals surface area contributed by atoms with Crippen molar-refractivity contribution in [3.8, 4) is 6.07 Å². The highest BCUT2D eigenvalue weighted by molar-refractivity contribution is 7.99. The van der Waals surface area contributed by atoms with Gasteiger partial charge in [0.05, 0.1) is 24.6 Å². The monoisotopic (exact) mass is 343 g/mol. The van der Waals surface area contributed by atoms with Gasteiger partial charge in [-0.25, -0.2) is 0 Å². The Morgan fingerprint density at radius 3 is 2.54 bits per heavy atom. The van der Waals surface area contributed by atoms with E-state index in [0.29, 0.717) is 0 Å². The molecule has 0 aliphatic heterocycles. The Kier molecular flexibility index (Phi) is 6.83. The van der Waals surface area contributed by atoms with E-state index >= 15 is 0 Å². The normalized spacial score (nSPS) is 13.7. The molecule has 0 saturated carbocycles. The minimum Gasteiger partial charge on any atom is -0.300 e. The molecule has 1 aromatic carbocycles. The molecule has 0 spiro atoms. The number of hydrogen-bond acceptors (Lipinski definition) is 5. The minimum absolute atomic E-state index is 0.00357. The zero-order chi connectivity index (χ0) is 17.5. The molecule has 0 bridgehead atoms. The summed E-state index contributed by atoms with van der Waals surface area (Å²) < 4.78 is 2.19. The molecule has 5 nitrogen and oxygen atoms in total. The average molecular weight is 344 g/mol. The van der Waals surface area contributed by atoms with Gasteiger partial charge >= 0.3 is 0 Å². The third kappa shape index (κ3) is 4.59. The number of rotatable bonds is 8. The van der Waals surface area contributed by atoms with Gasteiger partial charge < -0.3 is 4.57 Å². The van der Waals surface area contributed by atoms with E-state index in [1.807, 2.05) is 25.1 Å². The van der Waals surface area contributed by atoms with Gasteiger partial charge in [0.15, 0.2) is 11.0 Å². The lowest BCUT2D eigenvalue weighted by atomic mass is 10.2. The number of hydrogen-bond donors (Lipinski definition) is 0. The SMILES string of the molecule is CC[C@H](c1nnc(SC[C@@H](C)C#N)n1Cc1ccccc1)N(C)C. The highest BCUT2D eigenvalue weighted by atomic mass is 32.2. The molecule has 128 valence electrons. The molecular weight excluding hydrogens is 318 g/mol. The van der Waals surface area contributed by atoms with Crippen molar-refractivity contribution in [2.24, 2.45) is 5.92 Å². The van der Waals surface area contributed by atoms with Gasteiger partial charge in [-0.2, -0.15) is 5.26 Å². The van der Waals surface area contributed by atoms with Gasteiger partial charge in [0, 0.05) is 5.75 Å². The lowest BCUT2D eigenvalue weighted by Gasteiger charge is -2.23. The fourth-order valence-electron chi connectivity index (χ4n) is 2.58. The van der Waals surface area contributed by atoms with Crippen LogP contribution < -0.4 is 0 Å². The zero-order valence-corrected chi connectivity index (χ0v) is 15.6. The van der Waals surface area contributed by atoms with Crippen LogP contribution in [0.15, 0.2) is 35.5 Å². The van der Waals surface area contributed by atoms with Gasteiger partial charge in [-0.1, -0.05) is 49.0 Å². The number of benzene rings is 1. The molecular formula is C18H25N5S. The fraction of sp³-hybridized carbons (Fsp3) is 0.500. The number of thioether (sulfide) groups is 1. The second kappa shape index (κ2) is 8.86. The van der Waals surface area contributed by atoms with Crippen LogP contribution in [0.4, 0.5) is 0 Å². The number of nitrogens with zero attached hydrogens (tertiary/aromatic N) is 5. The van der Waals surface area contributed by atoms with Crippen LogP contribution in [0.5, 0.6) is 0 Å². The smallest absolute Gasteiger partial charge is 0.191 e. The van der Waals surface area contributed by atoms with Crippen molar-refractivity contribution >= 4 is 11.8 Å². The predicted molar refractivity (Wildman–Crippen MR) is 97.8 cm³/mol. The van der Waals surface area contributed by atoms with Gasteiger partial charge in [0.1, 0.15) is 0 Å². The Hall–Kier alpha value is -1.84. The van der Waals surface area contributed by atoms with Crippen molar-refractivity contribution in [1.82, 2.24) is 19.7 Å². The van der Waals surface area contributed by atoms with Crippen molar-refractivity contribution in [1.29, 1.82) is 5.26 Å².